The smallest absolute Gasteiger partial charge is 0.00790 e. The van der Waals surface area contributed by atoms with Crippen molar-refractivity contribution in [1.29, 1.82) is 0 Å². The van der Waals surface area contributed by atoms with E-state index in [-0.39, 0.29) is 0 Å². The van der Waals surface area contributed by atoms with Crippen LogP contribution in [-0.4, -0.2) is 37.6 Å². The molecule has 0 amide bonds. The average Bonchev–Trinajstić information content (AvgIpc) is 2.14. The zero-order valence-electron chi connectivity index (χ0n) is 10.3. The maximum atomic E-state index is 3.23. The summed E-state index contributed by atoms with van der Waals surface area (Å²) in [5.74, 6) is 0. The molecule has 1 saturated heterocycles. The summed E-state index contributed by atoms with van der Waals surface area (Å²) < 4.78 is 0. The van der Waals surface area contributed by atoms with Crippen molar-refractivity contribution in [3.05, 3.63) is 0 Å². The summed E-state index contributed by atoms with van der Waals surface area (Å²) in [6.45, 7) is 10.9. The first-order chi connectivity index (χ1) is 6.55. The summed E-state index contributed by atoms with van der Waals surface area (Å²) in [6.07, 6.45) is 3.99. The van der Waals surface area contributed by atoms with Crippen LogP contribution in [0.1, 0.15) is 40.0 Å². The van der Waals surface area contributed by atoms with E-state index in [0.29, 0.717) is 5.41 Å². The number of nitrogens with zero attached hydrogens (tertiary/aromatic N) is 1. The molecule has 0 saturated carbocycles. The standard InChI is InChI=1S/C12H26N2/c1-11(5-8-13-4)14-9-6-12(2,3)7-10-14/h11,13H,5-10H2,1-4H3. The minimum Gasteiger partial charge on any atom is -0.320 e. The van der Waals surface area contributed by atoms with Crippen LogP contribution in [0.5, 0.6) is 0 Å². The molecule has 1 heterocycles. The zero-order chi connectivity index (χ0) is 10.6. The molecule has 1 unspecified atom stereocenters. The zero-order valence-corrected chi connectivity index (χ0v) is 10.3. The Morgan fingerprint density at radius 3 is 2.36 bits per heavy atom. The van der Waals surface area contributed by atoms with Gasteiger partial charge in [-0.05, 0) is 58.3 Å². The van der Waals surface area contributed by atoms with Crippen LogP contribution in [-0.2, 0) is 0 Å². The van der Waals surface area contributed by atoms with Gasteiger partial charge in [0.15, 0.2) is 0 Å². The third-order valence-corrected chi connectivity index (χ3v) is 3.59. The second-order valence-corrected chi connectivity index (χ2v) is 5.44. The molecule has 0 aliphatic carbocycles. The first-order valence-corrected chi connectivity index (χ1v) is 5.94. The van der Waals surface area contributed by atoms with Gasteiger partial charge in [-0.2, -0.15) is 0 Å². The fraction of sp³-hybridized carbons (Fsp3) is 1.00. The molecule has 0 aromatic heterocycles. The Balaban J connectivity index is 2.27. The van der Waals surface area contributed by atoms with Crippen molar-refractivity contribution < 1.29 is 0 Å². The molecule has 0 aromatic carbocycles. The summed E-state index contributed by atoms with van der Waals surface area (Å²) in [6, 6.07) is 0.749. The number of nitrogens with one attached hydrogen (secondary N) is 1. The molecule has 2 nitrogen and oxygen atoms in total. The minimum absolute atomic E-state index is 0.583. The lowest BCUT2D eigenvalue weighted by Crippen LogP contribution is -2.43. The van der Waals surface area contributed by atoms with Gasteiger partial charge in [-0.1, -0.05) is 13.8 Å². The Kier molecular flexibility index (Phi) is 4.39. The van der Waals surface area contributed by atoms with Gasteiger partial charge in [0.25, 0.3) is 0 Å². The molecule has 0 spiro atoms. The molecule has 0 bridgehead atoms. The Morgan fingerprint density at radius 2 is 1.86 bits per heavy atom. The second-order valence-electron chi connectivity index (χ2n) is 5.44. The highest BCUT2D eigenvalue weighted by Crippen LogP contribution is 2.30. The Hall–Kier alpha value is -0.0800. The lowest BCUT2D eigenvalue weighted by molar-refractivity contribution is 0.0970. The molecule has 1 N–H and O–H groups in total. The van der Waals surface area contributed by atoms with Crippen LogP contribution < -0.4 is 5.32 Å². The maximum absolute atomic E-state index is 3.23. The second kappa shape index (κ2) is 5.13. The average molecular weight is 198 g/mol. The highest BCUT2D eigenvalue weighted by Gasteiger charge is 2.27. The molecule has 0 radical (unpaired) electrons. The molecule has 1 atom stereocenters. The Labute approximate surface area is 89.1 Å². The van der Waals surface area contributed by atoms with Gasteiger partial charge in [0, 0.05) is 6.04 Å². The number of hydrogen-bond donors (Lipinski definition) is 1. The van der Waals surface area contributed by atoms with Gasteiger partial charge < -0.3 is 10.2 Å². The molecule has 1 fully saturated rings. The van der Waals surface area contributed by atoms with Crippen molar-refractivity contribution in [2.24, 2.45) is 5.41 Å². The molecule has 1 aliphatic rings. The monoisotopic (exact) mass is 198 g/mol. The minimum atomic E-state index is 0.583. The van der Waals surface area contributed by atoms with Crippen LogP contribution in [0.2, 0.25) is 0 Å². The van der Waals surface area contributed by atoms with Crippen LogP contribution in [0.4, 0.5) is 0 Å². The Bertz CT molecular complexity index is 156. The molecule has 2 heteroatoms. The number of likely N-dealkylation sites (tertiary alicyclic amines) is 1. The van der Waals surface area contributed by atoms with Gasteiger partial charge in [0.05, 0.1) is 0 Å². The molecule has 0 aromatic rings. The first kappa shape index (κ1) is 12.0. The fourth-order valence-corrected chi connectivity index (χ4v) is 2.11. The predicted octanol–water partition coefficient (Wildman–Crippen LogP) is 2.11. The summed E-state index contributed by atoms with van der Waals surface area (Å²) in [5, 5.41) is 3.23. The molecule has 84 valence electrons. The van der Waals surface area contributed by atoms with Gasteiger partial charge in [0.1, 0.15) is 0 Å². The van der Waals surface area contributed by atoms with Gasteiger partial charge in [0.2, 0.25) is 0 Å². The summed E-state index contributed by atoms with van der Waals surface area (Å²) >= 11 is 0. The third kappa shape index (κ3) is 3.58. The first-order valence-electron chi connectivity index (χ1n) is 5.94. The van der Waals surface area contributed by atoms with E-state index in [1.54, 1.807) is 0 Å². The molecule has 1 rings (SSSR count). The quantitative estimate of drug-likeness (QED) is 0.744. The van der Waals surface area contributed by atoms with Gasteiger partial charge in [-0.25, -0.2) is 0 Å². The van der Waals surface area contributed by atoms with Crippen LogP contribution >= 0.6 is 0 Å². The van der Waals surface area contributed by atoms with E-state index in [1.807, 2.05) is 7.05 Å². The van der Waals surface area contributed by atoms with E-state index >= 15 is 0 Å². The van der Waals surface area contributed by atoms with Crippen molar-refractivity contribution in [2.75, 3.05) is 26.7 Å². The molecule has 1 aliphatic heterocycles. The number of piperidine rings is 1. The topological polar surface area (TPSA) is 15.3 Å². The highest BCUT2D eigenvalue weighted by molar-refractivity contribution is 4.81. The summed E-state index contributed by atoms with van der Waals surface area (Å²) in [5.41, 5.74) is 0.583. The summed E-state index contributed by atoms with van der Waals surface area (Å²) in [4.78, 5) is 2.64. The van der Waals surface area contributed by atoms with Crippen molar-refractivity contribution in [2.45, 2.75) is 46.1 Å². The number of rotatable bonds is 4. The summed E-state index contributed by atoms with van der Waals surface area (Å²) in [7, 11) is 2.03. The van der Waals surface area contributed by atoms with Crippen molar-refractivity contribution in [3.8, 4) is 0 Å². The largest absolute Gasteiger partial charge is 0.320 e. The lowest BCUT2D eigenvalue weighted by Gasteiger charge is -2.40. The van der Waals surface area contributed by atoms with Gasteiger partial charge in [-0.15, -0.1) is 0 Å². The SMILES string of the molecule is CNCCC(C)N1CCC(C)(C)CC1. The van der Waals surface area contributed by atoms with Crippen LogP contribution in [0.3, 0.4) is 0 Å². The van der Waals surface area contributed by atoms with Gasteiger partial charge >= 0.3 is 0 Å². The van der Waals surface area contributed by atoms with Crippen LogP contribution in [0.25, 0.3) is 0 Å². The Morgan fingerprint density at radius 1 is 1.29 bits per heavy atom. The molecule has 14 heavy (non-hydrogen) atoms. The fourth-order valence-electron chi connectivity index (χ4n) is 2.11. The molecular weight excluding hydrogens is 172 g/mol. The lowest BCUT2D eigenvalue weighted by atomic mass is 9.82. The third-order valence-electron chi connectivity index (χ3n) is 3.59. The van der Waals surface area contributed by atoms with Crippen LogP contribution in [0, 0.1) is 5.41 Å². The van der Waals surface area contributed by atoms with Crippen LogP contribution in [0.15, 0.2) is 0 Å². The highest BCUT2D eigenvalue weighted by atomic mass is 15.2. The molecular formula is C12H26N2. The normalized spacial score (nSPS) is 24.9. The van der Waals surface area contributed by atoms with E-state index in [0.717, 1.165) is 12.6 Å². The van der Waals surface area contributed by atoms with E-state index in [9.17, 15) is 0 Å². The van der Waals surface area contributed by atoms with Crippen molar-refractivity contribution in [1.82, 2.24) is 10.2 Å². The van der Waals surface area contributed by atoms with Crippen molar-refractivity contribution >= 4 is 0 Å². The predicted molar refractivity (Wildman–Crippen MR) is 62.6 cm³/mol. The van der Waals surface area contributed by atoms with E-state index < -0.39 is 0 Å². The van der Waals surface area contributed by atoms with E-state index in [2.05, 4.69) is 31.0 Å². The van der Waals surface area contributed by atoms with Crippen molar-refractivity contribution in [3.63, 3.8) is 0 Å². The number of hydrogen-bond acceptors (Lipinski definition) is 2. The maximum Gasteiger partial charge on any atom is 0.00790 e. The van der Waals surface area contributed by atoms with Gasteiger partial charge in [-0.3, -0.25) is 0 Å². The van der Waals surface area contributed by atoms with E-state index in [1.165, 1.54) is 32.4 Å². The van der Waals surface area contributed by atoms with E-state index in [4.69, 9.17) is 0 Å².